The van der Waals surface area contributed by atoms with Crippen molar-refractivity contribution in [1.29, 1.82) is 0 Å². The lowest BCUT2D eigenvalue weighted by atomic mass is 9.99. The molecule has 0 aliphatic carbocycles. The Morgan fingerprint density at radius 1 is 0.850 bits per heavy atom. The number of hydrogen-bond acceptors (Lipinski definition) is 1. The van der Waals surface area contributed by atoms with E-state index in [1.807, 2.05) is 0 Å². The van der Waals surface area contributed by atoms with Gasteiger partial charge in [-0.3, -0.25) is 4.79 Å². The molecule has 0 saturated carbocycles. The number of aryl methyl sites for hydroxylation is 2. The summed E-state index contributed by atoms with van der Waals surface area (Å²) in [5.41, 5.74) is 1.10. The van der Waals surface area contributed by atoms with Crippen LogP contribution in [0.2, 0.25) is 0 Å². The van der Waals surface area contributed by atoms with Gasteiger partial charge in [-0.15, -0.1) is 0 Å². The van der Waals surface area contributed by atoms with Gasteiger partial charge in [0.1, 0.15) is 11.6 Å². The average Bonchev–Trinajstić information content (AvgIpc) is 2.39. The van der Waals surface area contributed by atoms with Gasteiger partial charge in [-0.1, -0.05) is 12.1 Å². The maximum absolute atomic E-state index is 13.9. The molecular weight excluding hydrogens is 394 g/mol. The molecule has 1 nitrogen and oxygen atoms in total. The molecule has 0 radical (unpaired) electrons. The Morgan fingerprint density at radius 3 is 1.55 bits per heavy atom. The number of benzene rings is 2. The van der Waals surface area contributed by atoms with Crippen LogP contribution in [-0.4, -0.2) is 5.78 Å². The Bertz CT molecular complexity index is 652. The topological polar surface area (TPSA) is 17.1 Å². The van der Waals surface area contributed by atoms with E-state index in [4.69, 9.17) is 0 Å². The zero-order valence-corrected chi connectivity index (χ0v) is 13.9. The summed E-state index contributed by atoms with van der Waals surface area (Å²) >= 11 is 6.40. The van der Waals surface area contributed by atoms with E-state index < -0.39 is 17.4 Å². The number of halogens is 4. The van der Waals surface area contributed by atoms with Crippen molar-refractivity contribution in [3.63, 3.8) is 0 Å². The van der Waals surface area contributed by atoms with Crippen LogP contribution in [0.4, 0.5) is 8.78 Å². The molecule has 2 aromatic carbocycles. The van der Waals surface area contributed by atoms with E-state index in [1.165, 1.54) is 12.1 Å². The normalized spacial score (nSPS) is 10.7. The SMILES string of the molecule is Cc1ccc(F)c(C(=O)c2c(F)ccc(C)c2Br)c1Br. The Morgan fingerprint density at radius 2 is 1.20 bits per heavy atom. The molecular formula is C15H10Br2F2O. The van der Waals surface area contributed by atoms with Crippen LogP contribution >= 0.6 is 31.9 Å². The molecule has 0 spiro atoms. The highest BCUT2D eigenvalue weighted by atomic mass is 79.9. The molecule has 0 saturated heterocycles. The van der Waals surface area contributed by atoms with Gasteiger partial charge >= 0.3 is 0 Å². The van der Waals surface area contributed by atoms with Crippen LogP contribution < -0.4 is 0 Å². The summed E-state index contributed by atoms with van der Waals surface area (Å²) in [5.74, 6) is -2.05. The third-order valence-corrected chi connectivity index (χ3v) is 5.07. The van der Waals surface area contributed by atoms with Gasteiger partial charge in [-0.2, -0.15) is 0 Å². The summed E-state index contributed by atoms with van der Waals surface area (Å²) in [6.07, 6.45) is 0. The van der Waals surface area contributed by atoms with E-state index in [9.17, 15) is 13.6 Å². The predicted octanol–water partition coefficient (Wildman–Crippen LogP) is 5.34. The van der Waals surface area contributed by atoms with E-state index in [0.717, 1.165) is 0 Å². The minimum absolute atomic E-state index is 0.157. The molecule has 0 bridgehead atoms. The lowest BCUT2D eigenvalue weighted by Crippen LogP contribution is -2.10. The molecule has 0 atom stereocenters. The van der Waals surface area contributed by atoms with Gasteiger partial charge in [0.2, 0.25) is 5.78 Å². The van der Waals surface area contributed by atoms with Crippen LogP contribution in [0.3, 0.4) is 0 Å². The molecule has 2 rings (SSSR count). The van der Waals surface area contributed by atoms with Crippen LogP contribution in [0, 0.1) is 25.5 Å². The Balaban J connectivity index is 2.71. The smallest absolute Gasteiger partial charge is 0.201 e. The van der Waals surface area contributed by atoms with E-state index in [0.29, 0.717) is 20.1 Å². The third kappa shape index (κ3) is 2.56. The first kappa shape index (κ1) is 15.3. The van der Waals surface area contributed by atoms with E-state index in [1.54, 1.807) is 26.0 Å². The van der Waals surface area contributed by atoms with Crippen LogP contribution in [0.15, 0.2) is 33.2 Å². The molecule has 0 N–H and O–H groups in total. The summed E-state index contributed by atoms with van der Waals surface area (Å²) < 4.78 is 28.6. The molecule has 2 aromatic rings. The average molecular weight is 404 g/mol. The van der Waals surface area contributed by atoms with Gasteiger partial charge in [0, 0.05) is 8.95 Å². The Hall–Kier alpha value is -1.07. The molecule has 0 fully saturated rings. The number of rotatable bonds is 2. The van der Waals surface area contributed by atoms with Gasteiger partial charge in [-0.25, -0.2) is 8.78 Å². The Kier molecular flexibility index (Phi) is 4.39. The van der Waals surface area contributed by atoms with Crippen LogP contribution in [0.1, 0.15) is 27.0 Å². The molecule has 0 aromatic heterocycles. The zero-order valence-electron chi connectivity index (χ0n) is 10.7. The molecule has 104 valence electrons. The first-order valence-electron chi connectivity index (χ1n) is 5.78. The third-order valence-electron chi connectivity index (χ3n) is 3.02. The van der Waals surface area contributed by atoms with Crippen molar-refractivity contribution in [3.05, 3.63) is 67.1 Å². The lowest BCUT2D eigenvalue weighted by molar-refractivity contribution is 0.102. The standard InChI is InChI=1S/C15H10Br2F2O/c1-7-3-5-9(18)11(13(7)16)15(20)12-10(19)6-4-8(2)14(12)17/h3-6H,1-2H3. The minimum atomic E-state index is -0.689. The van der Waals surface area contributed by atoms with Gasteiger partial charge in [0.15, 0.2) is 0 Å². The number of carbonyl (C=O) groups excluding carboxylic acids is 1. The quantitative estimate of drug-likeness (QED) is 0.618. The van der Waals surface area contributed by atoms with Gasteiger partial charge < -0.3 is 0 Å². The molecule has 5 heteroatoms. The molecule has 0 aliphatic heterocycles. The highest BCUT2D eigenvalue weighted by Gasteiger charge is 2.24. The van der Waals surface area contributed by atoms with Crippen molar-refractivity contribution < 1.29 is 13.6 Å². The van der Waals surface area contributed by atoms with Crippen molar-refractivity contribution in [3.8, 4) is 0 Å². The van der Waals surface area contributed by atoms with E-state index >= 15 is 0 Å². The second-order valence-corrected chi connectivity index (χ2v) is 6.02. The monoisotopic (exact) mass is 402 g/mol. The second kappa shape index (κ2) is 5.74. The number of ketones is 1. The van der Waals surface area contributed by atoms with Crippen molar-refractivity contribution in [2.75, 3.05) is 0 Å². The summed E-state index contributed by atoms with van der Waals surface area (Å²) in [7, 11) is 0. The highest BCUT2D eigenvalue weighted by molar-refractivity contribution is 9.11. The van der Waals surface area contributed by atoms with Crippen molar-refractivity contribution in [2.45, 2.75) is 13.8 Å². The fourth-order valence-electron chi connectivity index (χ4n) is 1.85. The maximum Gasteiger partial charge on any atom is 0.201 e. The zero-order chi connectivity index (χ0) is 15.0. The molecule has 0 aliphatic rings. The summed E-state index contributed by atoms with van der Waals surface area (Å²) in [5, 5.41) is 0. The molecule has 0 amide bonds. The van der Waals surface area contributed by atoms with Crippen LogP contribution in [-0.2, 0) is 0 Å². The van der Waals surface area contributed by atoms with Crippen LogP contribution in [0.25, 0.3) is 0 Å². The molecule has 0 heterocycles. The lowest BCUT2D eigenvalue weighted by Gasteiger charge is -2.11. The van der Waals surface area contributed by atoms with E-state index in [2.05, 4.69) is 31.9 Å². The summed E-state index contributed by atoms with van der Waals surface area (Å²) in [6, 6.07) is 5.51. The fourth-order valence-corrected chi connectivity index (χ4v) is 2.86. The fraction of sp³-hybridized carbons (Fsp3) is 0.133. The number of carbonyl (C=O) groups is 1. The van der Waals surface area contributed by atoms with Gasteiger partial charge in [-0.05, 0) is 69.0 Å². The first-order valence-corrected chi connectivity index (χ1v) is 7.37. The van der Waals surface area contributed by atoms with Crippen molar-refractivity contribution in [2.24, 2.45) is 0 Å². The Labute approximate surface area is 132 Å². The molecule has 20 heavy (non-hydrogen) atoms. The maximum atomic E-state index is 13.9. The largest absolute Gasteiger partial charge is 0.288 e. The van der Waals surface area contributed by atoms with Gasteiger partial charge in [0.25, 0.3) is 0 Å². The highest BCUT2D eigenvalue weighted by Crippen LogP contribution is 2.31. The predicted molar refractivity (Wildman–Crippen MR) is 81.1 cm³/mol. The summed E-state index contributed by atoms with van der Waals surface area (Å²) in [4.78, 5) is 12.5. The second-order valence-electron chi connectivity index (χ2n) is 4.44. The van der Waals surface area contributed by atoms with E-state index in [-0.39, 0.29) is 11.1 Å². The van der Waals surface area contributed by atoms with Crippen molar-refractivity contribution >= 4 is 37.6 Å². The summed E-state index contributed by atoms with van der Waals surface area (Å²) in [6.45, 7) is 3.48. The molecule has 0 unspecified atom stereocenters. The minimum Gasteiger partial charge on any atom is -0.288 e. The van der Waals surface area contributed by atoms with Gasteiger partial charge in [0.05, 0.1) is 11.1 Å². The van der Waals surface area contributed by atoms with Crippen LogP contribution in [0.5, 0.6) is 0 Å². The number of hydrogen-bond donors (Lipinski definition) is 0. The first-order chi connectivity index (χ1) is 9.34. The van der Waals surface area contributed by atoms with Crippen molar-refractivity contribution in [1.82, 2.24) is 0 Å².